The quantitative estimate of drug-likeness (QED) is 0.241. The summed E-state index contributed by atoms with van der Waals surface area (Å²) in [6.07, 6.45) is 4.75. The zero-order chi connectivity index (χ0) is 16.3. The van der Waals surface area contributed by atoms with Crippen molar-refractivity contribution in [3.63, 3.8) is 0 Å². The Kier molecular flexibility index (Phi) is 12.0. The molecule has 142 valence electrons. The number of rotatable bonds is 9. The third-order valence-electron chi connectivity index (χ3n) is 4.77. The Hall–Kier alpha value is -0.120. The van der Waals surface area contributed by atoms with E-state index in [-0.39, 0.29) is 24.0 Å². The number of hydrogen-bond donors (Lipinski definition) is 2. The van der Waals surface area contributed by atoms with E-state index in [1.165, 1.54) is 19.4 Å². The highest BCUT2D eigenvalue weighted by Gasteiger charge is 2.22. The van der Waals surface area contributed by atoms with Crippen LogP contribution in [0.5, 0.6) is 0 Å². The van der Waals surface area contributed by atoms with Gasteiger partial charge in [0.25, 0.3) is 0 Å². The summed E-state index contributed by atoms with van der Waals surface area (Å²) in [4.78, 5) is 6.84. The van der Waals surface area contributed by atoms with E-state index < -0.39 is 0 Å². The second-order valence-corrected chi connectivity index (χ2v) is 6.46. The number of hydrogen-bond acceptors (Lipinski definition) is 4. The molecule has 0 amide bonds. The van der Waals surface area contributed by atoms with Crippen molar-refractivity contribution >= 4 is 29.9 Å². The number of nitrogens with zero attached hydrogens (tertiary/aromatic N) is 2. The number of ether oxygens (including phenoxy) is 2. The molecule has 0 aromatic rings. The Morgan fingerprint density at radius 3 is 2.92 bits per heavy atom. The number of guanidine groups is 1. The van der Waals surface area contributed by atoms with E-state index in [9.17, 15) is 0 Å². The minimum Gasteiger partial charge on any atom is -0.381 e. The van der Waals surface area contributed by atoms with Crippen molar-refractivity contribution in [2.45, 2.75) is 38.6 Å². The van der Waals surface area contributed by atoms with E-state index in [2.05, 4.69) is 27.4 Å². The third kappa shape index (κ3) is 7.84. The highest BCUT2D eigenvalue weighted by Crippen LogP contribution is 2.15. The van der Waals surface area contributed by atoms with E-state index in [4.69, 9.17) is 9.47 Å². The van der Waals surface area contributed by atoms with Gasteiger partial charge in [0.05, 0.1) is 13.2 Å². The highest BCUT2D eigenvalue weighted by atomic mass is 127. The van der Waals surface area contributed by atoms with Crippen LogP contribution in [0.1, 0.15) is 32.6 Å². The predicted molar refractivity (Wildman–Crippen MR) is 109 cm³/mol. The largest absolute Gasteiger partial charge is 0.381 e. The topological polar surface area (TPSA) is 58.1 Å². The van der Waals surface area contributed by atoms with Crippen LogP contribution < -0.4 is 10.6 Å². The maximum absolute atomic E-state index is 5.72. The van der Waals surface area contributed by atoms with Crippen molar-refractivity contribution in [3.8, 4) is 0 Å². The molecule has 2 rings (SSSR count). The third-order valence-corrected chi connectivity index (χ3v) is 4.77. The van der Waals surface area contributed by atoms with Gasteiger partial charge in [0, 0.05) is 45.3 Å². The Morgan fingerprint density at radius 1 is 1.33 bits per heavy atom. The second kappa shape index (κ2) is 13.1. The fourth-order valence-corrected chi connectivity index (χ4v) is 3.32. The first-order chi connectivity index (χ1) is 11.3. The van der Waals surface area contributed by atoms with Crippen LogP contribution in [0.3, 0.4) is 0 Å². The number of nitrogens with one attached hydrogen (secondary N) is 2. The second-order valence-electron chi connectivity index (χ2n) is 6.46. The lowest BCUT2D eigenvalue weighted by atomic mass is 10.1. The summed E-state index contributed by atoms with van der Waals surface area (Å²) >= 11 is 0. The lowest BCUT2D eigenvalue weighted by molar-refractivity contribution is 0.0888. The molecule has 2 heterocycles. The Balaban J connectivity index is 0.00000288. The molecule has 2 aliphatic heterocycles. The minimum atomic E-state index is 0. The fraction of sp³-hybridized carbons (Fsp3) is 0.941. The van der Waals surface area contributed by atoms with Crippen molar-refractivity contribution < 1.29 is 9.47 Å². The van der Waals surface area contributed by atoms with Crippen molar-refractivity contribution in [1.29, 1.82) is 0 Å². The molecule has 2 saturated heterocycles. The number of aliphatic imine (C=N–C) groups is 1. The molecule has 2 aliphatic rings. The summed E-state index contributed by atoms with van der Waals surface area (Å²) in [6, 6.07) is 0.649. The molecule has 2 atom stereocenters. The zero-order valence-electron chi connectivity index (χ0n) is 15.3. The van der Waals surface area contributed by atoms with Gasteiger partial charge in [-0.05, 0) is 38.8 Å². The molecule has 0 radical (unpaired) electrons. The summed E-state index contributed by atoms with van der Waals surface area (Å²) < 4.78 is 11.1. The summed E-state index contributed by atoms with van der Waals surface area (Å²) in [5, 5.41) is 6.82. The van der Waals surface area contributed by atoms with Gasteiger partial charge in [0.15, 0.2) is 5.96 Å². The van der Waals surface area contributed by atoms with E-state index in [1.54, 1.807) is 0 Å². The zero-order valence-corrected chi connectivity index (χ0v) is 17.6. The van der Waals surface area contributed by atoms with Crippen LogP contribution in [-0.2, 0) is 9.47 Å². The molecule has 2 unspecified atom stereocenters. The molecule has 2 fully saturated rings. The molecule has 6 nitrogen and oxygen atoms in total. The normalized spacial score (nSPS) is 24.8. The molecule has 7 heteroatoms. The molecule has 2 N–H and O–H groups in total. The maximum atomic E-state index is 5.72. The number of halogens is 1. The molecule has 24 heavy (non-hydrogen) atoms. The lowest BCUT2D eigenvalue weighted by Crippen LogP contribution is -2.45. The molecule has 0 aromatic heterocycles. The molecule has 0 saturated carbocycles. The standard InChI is InChI=1S/C17H34N4O2.HI/c1-3-21-9-4-6-16(21)12-20-17(18-2)19-8-5-10-22-13-15-7-11-23-14-15;/h15-16H,3-14H2,1-2H3,(H2,18,19,20);1H. The smallest absolute Gasteiger partial charge is 0.191 e. The summed E-state index contributed by atoms with van der Waals surface area (Å²) in [5.74, 6) is 1.50. The average molecular weight is 454 g/mol. The van der Waals surface area contributed by atoms with Crippen LogP contribution in [0.2, 0.25) is 0 Å². The van der Waals surface area contributed by atoms with Crippen molar-refractivity contribution in [2.24, 2.45) is 10.9 Å². The van der Waals surface area contributed by atoms with E-state index in [0.29, 0.717) is 12.0 Å². The van der Waals surface area contributed by atoms with Gasteiger partial charge in [0.1, 0.15) is 0 Å². The Morgan fingerprint density at radius 2 is 2.21 bits per heavy atom. The van der Waals surface area contributed by atoms with Crippen molar-refractivity contribution in [3.05, 3.63) is 0 Å². The van der Waals surface area contributed by atoms with E-state index in [0.717, 1.165) is 64.9 Å². The van der Waals surface area contributed by atoms with Crippen LogP contribution in [-0.4, -0.2) is 76.6 Å². The minimum absolute atomic E-state index is 0. The van der Waals surface area contributed by atoms with Crippen LogP contribution >= 0.6 is 24.0 Å². The molecule has 0 aliphatic carbocycles. The van der Waals surface area contributed by atoms with Gasteiger partial charge in [-0.2, -0.15) is 0 Å². The van der Waals surface area contributed by atoms with Crippen LogP contribution in [0.15, 0.2) is 4.99 Å². The van der Waals surface area contributed by atoms with Gasteiger partial charge in [0.2, 0.25) is 0 Å². The van der Waals surface area contributed by atoms with Crippen molar-refractivity contribution in [2.75, 3.05) is 59.7 Å². The fourth-order valence-electron chi connectivity index (χ4n) is 3.32. The Labute approximate surface area is 164 Å². The van der Waals surface area contributed by atoms with E-state index >= 15 is 0 Å². The van der Waals surface area contributed by atoms with Gasteiger partial charge in [-0.15, -0.1) is 24.0 Å². The molecular formula is C17H35IN4O2. The van der Waals surface area contributed by atoms with Gasteiger partial charge in [-0.25, -0.2) is 0 Å². The summed E-state index contributed by atoms with van der Waals surface area (Å²) in [7, 11) is 1.83. The highest BCUT2D eigenvalue weighted by molar-refractivity contribution is 14.0. The first-order valence-corrected chi connectivity index (χ1v) is 9.17. The molecular weight excluding hydrogens is 419 g/mol. The maximum Gasteiger partial charge on any atom is 0.191 e. The SMILES string of the molecule is CCN1CCCC1CNC(=NC)NCCCOCC1CCOC1.I. The first kappa shape index (κ1) is 21.9. The average Bonchev–Trinajstić information content (AvgIpc) is 3.24. The predicted octanol–water partition coefficient (Wildman–Crippen LogP) is 1.70. The Bertz CT molecular complexity index is 351. The van der Waals surface area contributed by atoms with E-state index in [1.807, 2.05) is 7.05 Å². The summed E-state index contributed by atoms with van der Waals surface area (Å²) in [6.45, 7) is 9.88. The lowest BCUT2D eigenvalue weighted by Gasteiger charge is -2.24. The van der Waals surface area contributed by atoms with Crippen LogP contribution in [0, 0.1) is 5.92 Å². The molecule has 0 aromatic carbocycles. The molecule has 0 bridgehead atoms. The van der Waals surface area contributed by atoms with Crippen molar-refractivity contribution in [1.82, 2.24) is 15.5 Å². The van der Waals surface area contributed by atoms with Gasteiger partial charge in [-0.1, -0.05) is 6.92 Å². The summed E-state index contributed by atoms with van der Waals surface area (Å²) in [5.41, 5.74) is 0. The van der Waals surface area contributed by atoms with Gasteiger partial charge in [-0.3, -0.25) is 9.89 Å². The van der Waals surface area contributed by atoms with Gasteiger partial charge >= 0.3 is 0 Å². The first-order valence-electron chi connectivity index (χ1n) is 9.17. The number of likely N-dealkylation sites (tertiary alicyclic amines) is 1. The van der Waals surface area contributed by atoms with Crippen LogP contribution in [0.25, 0.3) is 0 Å². The monoisotopic (exact) mass is 454 g/mol. The van der Waals surface area contributed by atoms with Gasteiger partial charge < -0.3 is 20.1 Å². The van der Waals surface area contributed by atoms with Crippen LogP contribution in [0.4, 0.5) is 0 Å². The number of likely N-dealkylation sites (N-methyl/N-ethyl adjacent to an activating group) is 1. The molecule has 0 spiro atoms.